The van der Waals surface area contributed by atoms with Crippen molar-refractivity contribution in [3.8, 4) is 0 Å². The van der Waals surface area contributed by atoms with Gasteiger partial charge in [-0.3, -0.25) is 14.4 Å². The van der Waals surface area contributed by atoms with E-state index in [0.717, 1.165) is 0 Å². The zero-order chi connectivity index (χ0) is 21.3. The highest BCUT2D eigenvalue weighted by atomic mass is 31.0. The van der Waals surface area contributed by atoms with Gasteiger partial charge in [0.15, 0.2) is 6.10 Å². The summed E-state index contributed by atoms with van der Waals surface area (Å²) in [5, 5.41) is 3.14. The molecule has 3 unspecified atom stereocenters. The molecule has 0 saturated carbocycles. The van der Waals surface area contributed by atoms with Crippen molar-refractivity contribution in [2.24, 2.45) is 10.8 Å². The van der Waals surface area contributed by atoms with Gasteiger partial charge in [0.1, 0.15) is 0 Å². The molecule has 3 atom stereocenters. The number of rotatable bonds is 6. The number of nitrogens with zero attached hydrogens (tertiary/aromatic N) is 1. The first-order valence-corrected chi connectivity index (χ1v) is 9.20. The summed E-state index contributed by atoms with van der Waals surface area (Å²) in [6.07, 6.45) is -1.30. The number of nitrogens with one attached hydrogen (secondary N) is 1. The number of carbonyl (C=O) groups is 4. The molecule has 28 heavy (non-hydrogen) atoms. The summed E-state index contributed by atoms with van der Waals surface area (Å²) in [6, 6.07) is 7.82. The molecule has 2 rings (SSSR count). The van der Waals surface area contributed by atoms with E-state index in [1.165, 1.54) is 6.92 Å². The molecule has 3 amide bonds. The summed E-state index contributed by atoms with van der Waals surface area (Å²) < 4.78 is 5.19. The van der Waals surface area contributed by atoms with Crippen molar-refractivity contribution in [1.29, 1.82) is 0 Å². The van der Waals surface area contributed by atoms with E-state index in [1.54, 1.807) is 58.0 Å². The maximum Gasteiger partial charge on any atom is 0.364 e. The molecule has 1 aliphatic heterocycles. The maximum absolute atomic E-state index is 12.8. The zero-order valence-corrected chi connectivity index (χ0v) is 17.7. The number of hydrogen-bond donors (Lipinski definition) is 1. The second kappa shape index (κ2) is 7.97. The minimum absolute atomic E-state index is 0.385. The molecule has 1 N–H and O–H groups in total. The van der Waals surface area contributed by atoms with Crippen LogP contribution >= 0.6 is 9.47 Å². The second-order valence-electron chi connectivity index (χ2n) is 7.71. The van der Waals surface area contributed by atoms with Gasteiger partial charge in [0.25, 0.3) is 11.8 Å². The van der Waals surface area contributed by atoms with Gasteiger partial charge in [-0.05, 0) is 33.3 Å². The molecule has 0 radical (unpaired) electrons. The van der Waals surface area contributed by atoms with E-state index in [-0.39, 0.29) is 5.91 Å². The highest BCUT2D eigenvalue weighted by molar-refractivity contribution is 7.09. The van der Waals surface area contributed by atoms with Crippen molar-refractivity contribution in [3.63, 3.8) is 0 Å². The van der Waals surface area contributed by atoms with Crippen LogP contribution in [0.5, 0.6) is 0 Å². The Labute approximate surface area is 166 Å². The standard InChI is InChI=1S/C19H25N2O6P/c1-11(22)20-13(12-9-7-6-8-10-12)14(27-28)15(23)26-21-16(24)18(2,3)19(4,5)17(21)25/h6-10,13-14H,28H2,1-5H3,(H,20,22). The van der Waals surface area contributed by atoms with Crippen LogP contribution in [-0.4, -0.2) is 34.9 Å². The molecule has 0 bridgehead atoms. The summed E-state index contributed by atoms with van der Waals surface area (Å²) >= 11 is 0. The normalized spacial score (nSPS) is 19.9. The second-order valence-corrected chi connectivity index (χ2v) is 7.98. The van der Waals surface area contributed by atoms with Gasteiger partial charge < -0.3 is 14.7 Å². The summed E-state index contributed by atoms with van der Waals surface area (Å²) in [5.41, 5.74) is -1.49. The number of carbonyl (C=O) groups excluding carboxylic acids is 4. The van der Waals surface area contributed by atoms with E-state index in [0.29, 0.717) is 10.6 Å². The summed E-state index contributed by atoms with van der Waals surface area (Å²) in [6.45, 7) is 7.78. The third kappa shape index (κ3) is 3.80. The zero-order valence-electron chi connectivity index (χ0n) is 16.5. The van der Waals surface area contributed by atoms with E-state index in [2.05, 4.69) is 5.32 Å². The topological polar surface area (TPSA) is 102 Å². The van der Waals surface area contributed by atoms with E-state index in [9.17, 15) is 19.2 Å². The predicted molar refractivity (Wildman–Crippen MR) is 103 cm³/mol. The van der Waals surface area contributed by atoms with E-state index in [1.807, 2.05) is 9.47 Å². The van der Waals surface area contributed by atoms with Gasteiger partial charge in [-0.15, -0.1) is 5.06 Å². The van der Waals surface area contributed by atoms with E-state index < -0.39 is 40.8 Å². The minimum Gasteiger partial charge on any atom is -0.348 e. The van der Waals surface area contributed by atoms with Crippen LogP contribution < -0.4 is 5.32 Å². The minimum atomic E-state index is -1.30. The van der Waals surface area contributed by atoms with Crippen molar-refractivity contribution in [2.45, 2.75) is 46.8 Å². The average molecular weight is 408 g/mol. The molecule has 152 valence electrons. The van der Waals surface area contributed by atoms with Gasteiger partial charge in [-0.1, -0.05) is 30.3 Å². The van der Waals surface area contributed by atoms with Gasteiger partial charge >= 0.3 is 5.97 Å². The van der Waals surface area contributed by atoms with Gasteiger partial charge in [0.2, 0.25) is 5.91 Å². The van der Waals surface area contributed by atoms with Gasteiger partial charge in [-0.2, -0.15) is 0 Å². The molecule has 1 heterocycles. The lowest BCUT2D eigenvalue weighted by Gasteiger charge is -2.27. The molecule has 0 aliphatic carbocycles. The van der Waals surface area contributed by atoms with Crippen LogP contribution in [-0.2, 0) is 28.5 Å². The summed E-state index contributed by atoms with van der Waals surface area (Å²) in [7, 11) is 1.95. The van der Waals surface area contributed by atoms with Crippen LogP contribution in [0.1, 0.15) is 46.2 Å². The smallest absolute Gasteiger partial charge is 0.348 e. The lowest BCUT2D eigenvalue weighted by Crippen LogP contribution is -2.44. The molecule has 8 nitrogen and oxygen atoms in total. The molecule has 1 aromatic carbocycles. The van der Waals surface area contributed by atoms with Gasteiger partial charge in [0.05, 0.1) is 16.9 Å². The Morgan fingerprint density at radius 3 is 1.96 bits per heavy atom. The van der Waals surface area contributed by atoms with Crippen molar-refractivity contribution in [1.82, 2.24) is 10.4 Å². The van der Waals surface area contributed by atoms with Crippen LogP contribution in [0, 0.1) is 10.8 Å². The fraction of sp³-hybridized carbons (Fsp3) is 0.474. The van der Waals surface area contributed by atoms with Crippen LogP contribution in [0.25, 0.3) is 0 Å². The molecule has 0 spiro atoms. The third-order valence-electron chi connectivity index (χ3n) is 5.38. The van der Waals surface area contributed by atoms with E-state index >= 15 is 0 Å². The average Bonchev–Trinajstić information content (AvgIpc) is 2.74. The molecule has 0 aromatic heterocycles. The maximum atomic E-state index is 12.8. The van der Waals surface area contributed by atoms with Crippen molar-refractivity contribution >= 4 is 33.2 Å². The third-order valence-corrected chi connectivity index (χ3v) is 5.67. The van der Waals surface area contributed by atoms with Crippen LogP contribution in [0.15, 0.2) is 30.3 Å². The Morgan fingerprint density at radius 2 is 1.54 bits per heavy atom. The number of imide groups is 1. The van der Waals surface area contributed by atoms with Gasteiger partial charge in [-0.25, -0.2) is 4.79 Å². The van der Waals surface area contributed by atoms with Crippen LogP contribution in [0.2, 0.25) is 0 Å². The molecule has 1 fully saturated rings. The van der Waals surface area contributed by atoms with Gasteiger partial charge in [0, 0.05) is 16.4 Å². The highest BCUT2D eigenvalue weighted by Gasteiger charge is 2.61. The SMILES string of the molecule is CC(=O)NC(c1ccccc1)C(OP)C(=O)ON1C(=O)C(C)(C)C(C)(C)C1=O. The lowest BCUT2D eigenvalue weighted by molar-refractivity contribution is -0.205. The largest absolute Gasteiger partial charge is 0.364 e. The Balaban J connectivity index is 2.30. The molecule has 1 aliphatic rings. The highest BCUT2D eigenvalue weighted by Crippen LogP contribution is 2.47. The predicted octanol–water partition coefficient (Wildman–Crippen LogP) is 1.92. The lowest BCUT2D eigenvalue weighted by atomic mass is 9.70. The first kappa shape index (κ1) is 22.0. The number of amides is 3. The quantitative estimate of drug-likeness (QED) is 0.570. The summed E-state index contributed by atoms with van der Waals surface area (Å²) in [4.78, 5) is 54.8. The van der Waals surface area contributed by atoms with E-state index in [4.69, 9.17) is 9.36 Å². The molecule has 9 heteroatoms. The molecular weight excluding hydrogens is 383 g/mol. The van der Waals surface area contributed by atoms with Crippen molar-refractivity contribution < 1.29 is 28.5 Å². The Kier molecular flexibility index (Phi) is 6.26. The fourth-order valence-corrected chi connectivity index (χ4v) is 3.11. The summed E-state index contributed by atoms with van der Waals surface area (Å²) in [5.74, 6) is -2.60. The first-order valence-electron chi connectivity index (χ1n) is 8.73. The Bertz CT molecular complexity index is 767. The Hall–Kier alpha value is -2.31. The Morgan fingerprint density at radius 1 is 1.04 bits per heavy atom. The first-order chi connectivity index (χ1) is 12.9. The molecule has 1 aromatic rings. The van der Waals surface area contributed by atoms with Crippen LogP contribution in [0.4, 0.5) is 0 Å². The fourth-order valence-electron chi connectivity index (χ4n) is 2.84. The number of hydrogen-bond acceptors (Lipinski definition) is 6. The van der Waals surface area contributed by atoms with Crippen molar-refractivity contribution in [3.05, 3.63) is 35.9 Å². The van der Waals surface area contributed by atoms with Crippen LogP contribution in [0.3, 0.4) is 0 Å². The molecular formula is C19H25N2O6P. The monoisotopic (exact) mass is 408 g/mol. The number of benzene rings is 1. The van der Waals surface area contributed by atoms with Crippen molar-refractivity contribution in [2.75, 3.05) is 0 Å². The number of hydroxylamine groups is 2. The molecule has 1 saturated heterocycles.